The molecule has 0 aromatic carbocycles. The number of hydrogen-bond donors (Lipinski definition) is 1. The molecule has 0 bridgehead atoms. The third kappa shape index (κ3) is 3.56. The molecule has 0 heterocycles. The van der Waals surface area contributed by atoms with Crippen molar-refractivity contribution in [1.82, 2.24) is 5.06 Å². The lowest BCUT2D eigenvalue weighted by atomic mass is 9.33. The first-order valence-corrected chi connectivity index (χ1v) is 16.1. The van der Waals surface area contributed by atoms with E-state index >= 15 is 0 Å². The van der Waals surface area contributed by atoms with Crippen LogP contribution in [0.15, 0.2) is 11.6 Å². The molecule has 5 saturated carbocycles. The van der Waals surface area contributed by atoms with Crippen LogP contribution in [0.3, 0.4) is 0 Å². The largest absolute Gasteiger partial charge is 0.327 e. The van der Waals surface area contributed by atoms with Crippen LogP contribution in [-0.4, -0.2) is 28.8 Å². The zero-order chi connectivity index (χ0) is 29.1. The van der Waals surface area contributed by atoms with Gasteiger partial charge in [0.15, 0.2) is 5.78 Å². The first-order valence-electron chi connectivity index (χ1n) is 16.1. The van der Waals surface area contributed by atoms with E-state index in [0.29, 0.717) is 11.7 Å². The molecular weight excluding hydrogens is 496 g/mol. The van der Waals surface area contributed by atoms with Gasteiger partial charge in [-0.3, -0.25) is 9.59 Å². The van der Waals surface area contributed by atoms with E-state index in [1.54, 1.807) is 0 Å². The van der Waals surface area contributed by atoms with Gasteiger partial charge in [-0.2, -0.15) is 5.06 Å². The summed E-state index contributed by atoms with van der Waals surface area (Å²) in [4.78, 5) is 33.9. The number of fused-ring (bicyclic) bond motifs is 7. The SMILES string of the molecule is C#CON(C(=O)[C@@]1(C)CC[C@]2(C)CC[C@]3(C)C(=CC(=O)[C@@H]4[C@@]5(C)CC[C@H](N)C(C)(C)C5CC[C@]43C)[C@@H]2C1)C1CC1. The first kappa shape index (κ1) is 28.3. The van der Waals surface area contributed by atoms with Gasteiger partial charge < -0.3 is 10.6 Å². The average molecular weight is 549 g/mol. The lowest BCUT2D eigenvalue weighted by Crippen LogP contribution is -2.67. The number of hydrogen-bond acceptors (Lipinski definition) is 4. The third-order valence-electron chi connectivity index (χ3n) is 14.4. The molecule has 0 aromatic rings. The maximum atomic E-state index is 14.5. The normalized spacial score (nSPS) is 49.3. The summed E-state index contributed by atoms with van der Waals surface area (Å²) < 4.78 is 0. The lowest BCUT2D eigenvalue weighted by molar-refractivity contribution is -0.191. The van der Waals surface area contributed by atoms with Crippen molar-refractivity contribution in [2.24, 2.45) is 56.0 Å². The topological polar surface area (TPSA) is 72.6 Å². The van der Waals surface area contributed by atoms with Crippen molar-refractivity contribution in [2.75, 3.05) is 0 Å². The minimum Gasteiger partial charge on any atom is -0.327 e. The van der Waals surface area contributed by atoms with Gasteiger partial charge in [0.05, 0.1) is 11.5 Å². The smallest absolute Gasteiger partial charge is 0.262 e. The second-order valence-corrected chi connectivity index (χ2v) is 16.8. The molecule has 0 saturated heterocycles. The van der Waals surface area contributed by atoms with Crippen molar-refractivity contribution in [3.63, 3.8) is 0 Å². The number of nitrogens with zero attached hydrogens (tertiary/aromatic N) is 1. The second kappa shape index (κ2) is 8.62. The number of carbonyl (C=O) groups excluding carboxylic acids is 2. The standard InChI is InChI=1S/C35H52N2O3/c1-9-40-37(22-10-11-22)29(39)32(5)17-16-31(4)18-19-34(7)23(24(31)21-32)20-25(38)28-33(6)14-13-27(36)30(2,3)26(33)12-15-35(28,34)8/h1,20,22,24,26-28H,10-19,21,36H2,2-8H3/t24-,26?,27-,28+,31+,32-,33-,34+,35+/m0/s1. The Kier molecular flexibility index (Phi) is 6.10. The molecule has 5 fully saturated rings. The Hall–Kier alpha value is -1.80. The van der Waals surface area contributed by atoms with Gasteiger partial charge in [-0.05, 0) is 116 Å². The summed E-state index contributed by atoms with van der Waals surface area (Å²) in [5.74, 6) is 1.06. The molecule has 220 valence electrons. The van der Waals surface area contributed by atoms with Crippen LogP contribution in [0.5, 0.6) is 0 Å². The van der Waals surface area contributed by atoms with E-state index in [-0.39, 0.29) is 56.9 Å². The lowest BCUT2D eigenvalue weighted by Gasteiger charge is -2.70. The Morgan fingerprint density at radius 3 is 2.30 bits per heavy atom. The van der Waals surface area contributed by atoms with Crippen LogP contribution >= 0.6 is 0 Å². The van der Waals surface area contributed by atoms with Crippen molar-refractivity contribution in [1.29, 1.82) is 0 Å². The molecule has 0 spiro atoms. The Labute approximate surface area is 242 Å². The van der Waals surface area contributed by atoms with Crippen LogP contribution in [-0.2, 0) is 14.4 Å². The summed E-state index contributed by atoms with van der Waals surface area (Å²) in [6.45, 7) is 16.6. The number of allylic oxidation sites excluding steroid dienone is 2. The number of terminal acetylenes is 1. The van der Waals surface area contributed by atoms with E-state index in [9.17, 15) is 9.59 Å². The summed E-state index contributed by atoms with van der Waals surface area (Å²) in [6.07, 6.45) is 20.8. The number of hydroxylamine groups is 2. The highest BCUT2D eigenvalue weighted by Gasteiger charge is 2.70. The number of nitrogens with two attached hydrogens (primary N) is 1. The molecule has 6 aliphatic rings. The monoisotopic (exact) mass is 548 g/mol. The fourth-order valence-corrected chi connectivity index (χ4v) is 11.3. The highest BCUT2D eigenvalue weighted by molar-refractivity contribution is 5.95. The summed E-state index contributed by atoms with van der Waals surface area (Å²) in [5, 5.41) is 1.50. The van der Waals surface area contributed by atoms with Crippen molar-refractivity contribution < 1.29 is 14.4 Å². The van der Waals surface area contributed by atoms with E-state index in [0.717, 1.165) is 70.6 Å². The van der Waals surface area contributed by atoms with Crippen molar-refractivity contribution >= 4 is 11.7 Å². The van der Waals surface area contributed by atoms with E-state index in [1.165, 1.54) is 10.6 Å². The average Bonchev–Trinajstić information content (AvgIpc) is 3.72. The summed E-state index contributed by atoms with van der Waals surface area (Å²) in [7, 11) is 0. The summed E-state index contributed by atoms with van der Waals surface area (Å²) in [6, 6.07) is 0.293. The van der Waals surface area contributed by atoms with Gasteiger partial charge in [-0.1, -0.05) is 60.5 Å². The predicted molar refractivity (Wildman–Crippen MR) is 157 cm³/mol. The molecule has 1 amide bonds. The molecule has 0 radical (unpaired) electrons. The van der Waals surface area contributed by atoms with E-state index < -0.39 is 5.41 Å². The van der Waals surface area contributed by atoms with Gasteiger partial charge in [0.25, 0.3) is 5.91 Å². The molecule has 5 nitrogen and oxygen atoms in total. The van der Waals surface area contributed by atoms with Gasteiger partial charge in [0, 0.05) is 12.0 Å². The van der Waals surface area contributed by atoms with Crippen molar-refractivity contribution in [3.05, 3.63) is 11.6 Å². The van der Waals surface area contributed by atoms with E-state index in [4.69, 9.17) is 17.0 Å². The highest BCUT2D eigenvalue weighted by atomic mass is 16.7. The summed E-state index contributed by atoms with van der Waals surface area (Å²) >= 11 is 0. The minimum absolute atomic E-state index is 0.0228. The fourth-order valence-electron chi connectivity index (χ4n) is 11.3. The zero-order valence-corrected chi connectivity index (χ0v) is 26.1. The molecule has 6 rings (SSSR count). The molecule has 0 aliphatic heterocycles. The Balaban J connectivity index is 1.39. The van der Waals surface area contributed by atoms with Gasteiger partial charge in [0.2, 0.25) is 0 Å². The van der Waals surface area contributed by atoms with Crippen LogP contribution in [0.4, 0.5) is 0 Å². The molecular formula is C35H52N2O3. The Morgan fingerprint density at radius 1 is 0.975 bits per heavy atom. The van der Waals surface area contributed by atoms with Gasteiger partial charge in [0.1, 0.15) is 6.11 Å². The molecule has 40 heavy (non-hydrogen) atoms. The third-order valence-corrected chi connectivity index (χ3v) is 14.4. The number of amides is 1. The maximum absolute atomic E-state index is 14.5. The number of ketones is 1. The van der Waals surface area contributed by atoms with Gasteiger partial charge in [-0.15, -0.1) is 0 Å². The molecule has 9 atom stereocenters. The summed E-state index contributed by atoms with van der Waals surface area (Å²) in [5.41, 5.74) is 7.44. The van der Waals surface area contributed by atoms with E-state index in [2.05, 4.69) is 60.6 Å². The number of carbonyl (C=O) groups is 2. The minimum atomic E-state index is -0.545. The molecule has 1 unspecified atom stereocenters. The fraction of sp³-hybridized carbons (Fsp3) is 0.829. The Morgan fingerprint density at radius 2 is 1.65 bits per heavy atom. The van der Waals surface area contributed by atoms with Crippen LogP contribution in [0.25, 0.3) is 0 Å². The number of rotatable bonds is 3. The van der Waals surface area contributed by atoms with Gasteiger partial charge >= 0.3 is 0 Å². The highest BCUT2D eigenvalue weighted by Crippen LogP contribution is 2.75. The van der Waals surface area contributed by atoms with Crippen LogP contribution in [0.2, 0.25) is 0 Å². The second-order valence-electron chi connectivity index (χ2n) is 16.8. The van der Waals surface area contributed by atoms with Crippen LogP contribution < -0.4 is 5.73 Å². The maximum Gasteiger partial charge on any atom is 0.262 e. The molecule has 0 aromatic heterocycles. The van der Waals surface area contributed by atoms with Crippen LogP contribution in [0.1, 0.15) is 119 Å². The van der Waals surface area contributed by atoms with Crippen molar-refractivity contribution in [2.45, 2.75) is 131 Å². The zero-order valence-electron chi connectivity index (χ0n) is 26.1. The Bertz CT molecular complexity index is 1200. The first-order chi connectivity index (χ1) is 18.6. The van der Waals surface area contributed by atoms with E-state index in [1.807, 2.05) is 0 Å². The molecule has 5 heteroatoms. The van der Waals surface area contributed by atoms with Crippen LogP contribution in [0, 0.1) is 62.8 Å². The van der Waals surface area contributed by atoms with Gasteiger partial charge in [-0.25, -0.2) is 0 Å². The molecule has 2 N–H and O–H groups in total. The quantitative estimate of drug-likeness (QED) is 0.311. The molecule has 6 aliphatic carbocycles. The predicted octanol–water partition coefficient (Wildman–Crippen LogP) is 6.81. The van der Waals surface area contributed by atoms with Crippen molar-refractivity contribution in [3.8, 4) is 12.5 Å².